The fourth-order valence-corrected chi connectivity index (χ4v) is 3.24. The number of nitrogens with zero attached hydrogens (tertiary/aromatic N) is 2. The van der Waals surface area contributed by atoms with Crippen molar-refractivity contribution in [3.63, 3.8) is 0 Å². The Morgan fingerprint density at radius 3 is 2.56 bits per heavy atom. The van der Waals surface area contributed by atoms with Gasteiger partial charge in [-0.15, -0.1) is 0 Å². The molecule has 0 radical (unpaired) electrons. The van der Waals surface area contributed by atoms with Crippen LogP contribution in [0.4, 0.5) is 4.79 Å². The molecular weight excluding hydrogens is 340 g/mol. The topological polar surface area (TPSA) is 62.6 Å². The maximum Gasteiger partial charge on any atom is 0.409 e. The molecule has 1 amide bonds. The van der Waals surface area contributed by atoms with Gasteiger partial charge in [-0.2, -0.15) is 5.26 Å². The molecular formula is C22H24N2O3. The van der Waals surface area contributed by atoms with Gasteiger partial charge in [0.15, 0.2) is 0 Å². The normalized spacial score (nSPS) is 14.4. The van der Waals surface area contributed by atoms with Gasteiger partial charge in [0.25, 0.3) is 0 Å². The van der Waals surface area contributed by atoms with E-state index in [0.717, 1.165) is 29.7 Å². The lowest BCUT2D eigenvalue weighted by atomic mass is 9.98. The smallest absolute Gasteiger partial charge is 0.409 e. The summed E-state index contributed by atoms with van der Waals surface area (Å²) in [5, 5.41) is 9.07. The van der Waals surface area contributed by atoms with Gasteiger partial charge in [0.1, 0.15) is 5.75 Å². The molecule has 2 aromatic rings. The average Bonchev–Trinajstić information content (AvgIpc) is 2.73. The van der Waals surface area contributed by atoms with Crippen LogP contribution < -0.4 is 4.74 Å². The van der Waals surface area contributed by atoms with E-state index in [1.54, 1.807) is 11.0 Å². The van der Waals surface area contributed by atoms with Crippen LogP contribution in [0.1, 0.15) is 25.3 Å². The molecule has 1 heterocycles. The molecule has 0 spiro atoms. The Bertz CT molecular complexity index is 820. The largest absolute Gasteiger partial charge is 0.493 e. The first kappa shape index (κ1) is 18.8. The van der Waals surface area contributed by atoms with Gasteiger partial charge in [-0.1, -0.05) is 24.3 Å². The van der Waals surface area contributed by atoms with E-state index < -0.39 is 0 Å². The number of hydrogen-bond donors (Lipinski definition) is 0. The van der Waals surface area contributed by atoms with Crippen LogP contribution in [0.25, 0.3) is 11.1 Å². The lowest BCUT2D eigenvalue weighted by Gasteiger charge is -2.31. The standard InChI is InChI=1S/C22H24N2O3/c1-2-26-22(25)24-11-9-17(10-12-24)16-27-21-8-4-7-20(14-21)19-6-3-5-18(13-19)15-23/h3-8,13-14,17H,2,9-12,16H2,1H3. The molecule has 1 aliphatic rings. The first-order chi connectivity index (χ1) is 13.2. The van der Waals surface area contributed by atoms with Crippen molar-refractivity contribution in [2.45, 2.75) is 19.8 Å². The second kappa shape index (κ2) is 9.09. The Morgan fingerprint density at radius 1 is 1.15 bits per heavy atom. The van der Waals surface area contributed by atoms with E-state index in [9.17, 15) is 4.79 Å². The van der Waals surface area contributed by atoms with Gasteiger partial charge in [0.2, 0.25) is 0 Å². The van der Waals surface area contributed by atoms with Crippen molar-refractivity contribution in [1.82, 2.24) is 4.90 Å². The first-order valence-corrected chi connectivity index (χ1v) is 9.34. The van der Waals surface area contributed by atoms with Crippen molar-refractivity contribution in [3.05, 3.63) is 54.1 Å². The minimum absolute atomic E-state index is 0.218. The summed E-state index contributed by atoms with van der Waals surface area (Å²) < 4.78 is 11.1. The molecule has 2 aromatic carbocycles. The minimum atomic E-state index is -0.218. The van der Waals surface area contributed by atoms with Gasteiger partial charge in [-0.05, 0) is 61.1 Å². The van der Waals surface area contributed by atoms with Crippen molar-refractivity contribution in [2.24, 2.45) is 5.92 Å². The van der Waals surface area contributed by atoms with Gasteiger partial charge in [0, 0.05) is 13.1 Å². The molecule has 0 N–H and O–H groups in total. The summed E-state index contributed by atoms with van der Waals surface area (Å²) >= 11 is 0. The second-order valence-corrected chi connectivity index (χ2v) is 6.66. The third-order valence-electron chi connectivity index (χ3n) is 4.79. The highest BCUT2D eigenvalue weighted by atomic mass is 16.6. The molecule has 5 heteroatoms. The molecule has 1 fully saturated rings. The highest BCUT2D eigenvalue weighted by Crippen LogP contribution is 2.26. The molecule has 0 atom stereocenters. The molecule has 5 nitrogen and oxygen atoms in total. The zero-order chi connectivity index (χ0) is 19.1. The highest BCUT2D eigenvalue weighted by Gasteiger charge is 2.23. The zero-order valence-corrected chi connectivity index (χ0v) is 15.6. The number of amides is 1. The lowest BCUT2D eigenvalue weighted by molar-refractivity contribution is 0.0845. The number of rotatable bonds is 5. The summed E-state index contributed by atoms with van der Waals surface area (Å²) in [6, 6.07) is 17.7. The van der Waals surface area contributed by atoms with Crippen molar-refractivity contribution in [1.29, 1.82) is 5.26 Å². The molecule has 0 unspecified atom stereocenters. The predicted octanol–water partition coefficient (Wildman–Crippen LogP) is 4.47. The van der Waals surface area contributed by atoms with E-state index in [1.165, 1.54) is 0 Å². The first-order valence-electron chi connectivity index (χ1n) is 9.34. The van der Waals surface area contributed by atoms with Gasteiger partial charge in [-0.25, -0.2) is 4.79 Å². The average molecular weight is 364 g/mol. The van der Waals surface area contributed by atoms with Crippen LogP contribution in [0.5, 0.6) is 5.75 Å². The monoisotopic (exact) mass is 364 g/mol. The molecule has 27 heavy (non-hydrogen) atoms. The van der Waals surface area contributed by atoms with E-state index in [2.05, 4.69) is 6.07 Å². The van der Waals surface area contributed by atoms with Crippen LogP contribution in [0.3, 0.4) is 0 Å². The quantitative estimate of drug-likeness (QED) is 0.785. The molecule has 0 bridgehead atoms. The minimum Gasteiger partial charge on any atom is -0.493 e. The van der Waals surface area contributed by atoms with E-state index in [-0.39, 0.29) is 6.09 Å². The van der Waals surface area contributed by atoms with E-state index in [0.29, 0.717) is 37.8 Å². The number of piperidine rings is 1. The Morgan fingerprint density at radius 2 is 1.85 bits per heavy atom. The van der Waals surface area contributed by atoms with E-state index >= 15 is 0 Å². The Balaban J connectivity index is 1.55. The summed E-state index contributed by atoms with van der Waals surface area (Å²) in [6.45, 7) is 4.30. The van der Waals surface area contributed by atoms with Crippen LogP contribution >= 0.6 is 0 Å². The fourth-order valence-electron chi connectivity index (χ4n) is 3.24. The molecule has 3 rings (SSSR count). The fraction of sp³-hybridized carbons (Fsp3) is 0.364. The van der Waals surface area contributed by atoms with Gasteiger partial charge < -0.3 is 14.4 Å². The Labute approximate surface area is 160 Å². The predicted molar refractivity (Wildman–Crippen MR) is 103 cm³/mol. The van der Waals surface area contributed by atoms with Crippen molar-refractivity contribution in [3.8, 4) is 22.9 Å². The number of benzene rings is 2. The number of nitriles is 1. The van der Waals surface area contributed by atoms with Crippen molar-refractivity contribution >= 4 is 6.09 Å². The van der Waals surface area contributed by atoms with Gasteiger partial charge in [0.05, 0.1) is 24.8 Å². The van der Waals surface area contributed by atoms with Crippen LogP contribution in [-0.4, -0.2) is 37.3 Å². The third kappa shape index (κ3) is 5.01. The summed E-state index contributed by atoms with van der Waals surface area (Å²) in [6.07, 6.45) is 1.62. The van der Waals surface area contributed by atoms with Gasteiger partial charge in [-0.3, -0.25) is 0 Å². The summed E-state index contributed by atoms with van der Waals surface area (Å²) in [5.41, 5.74) is 2.68. The number of carbonyl (C=O) groups is 1. The molecule has 0 saturated carbocycles. The van der Waals surface area contributed by atoms with E-state index in [1.807, 2.05) is 49.4 Å². The van der Waals surface area contributed by atoms with E-state index in [4.69, 9.17) is 14.7 Å². The second-order valence-electron chi connectivity index (χ2n) is 6.66. The number of ether oxygens (including phenoxy) is 2. The van der Waals surface area contributed by atoms with Crippen LogP contribution in [-0.2, 0) is 4.74 Å². The maximum atomic E-state index is 11.8. The summed E-state index contributed by atoms with van der Waals surface area (Å²) in [5.74, 6) is 1.25. The molecule has 0 aliphatic carbocycles. The third-order valence-corrected chi connectivity index (χ3v) is 4.79. The Hall–Kier alpha value is -3.00. The van der Waals surface area contributed by atoms with Crippen LogP contribution in [0, 0.1) is 17.2 Å². The summed E-state index contributed by atoms with van der Waals surface area (Å²) in [7, 11) is 0. The number of carbonyl (C=O) groups excluding carboxylic acids is 1. The number of likely N-dealkylation sites (tertiary alicyclic amines) is 1. The Kier molecular flexibility index (Phi) is 6.32. The van der Waals surface area contributed by atoms with Crippen molar-refractivity contribution in [2.75, 3.05) is 26.3 Å². The zero-order valence-electron chi connectivity index (χ0n) is 15.6. The van der Waals surface area contributed by atoms with Gasteiger partial charge >= 0.3 is 6.09 Å². The molecule has 1 aliphatic heterocycles. The van der Waals surface area contributed by atoms with Crippen molar-refractivity contribution < 1.29 is 14.3 Å². The molecule has 0 aromatic heterocycles. The van der Waals surface area contributed by atoms with Crippen LogP contribution in [0.2, 0.25) is 0 Å². The SMILES string of the molecule is CCOC(=O)N1CCC(COc2cccc(-c3cccc(C#N)c3)c2)CC1. The lowest BCUT2D eigenvalue weighted by Crippen LogP contribution is -2.40. The highest BCUT2D eigenvalue weighted by molar-refractivity contribution is 5.67. The molecule has 140 valence electrons. The maximum absolute atomic E-state index is 11.8. The van der Waals surface area contributed by atoms with Crippen LogP contribution in [0.15, 0.2) is 48.5 Å². The molecule has 1 saturated heterocycles. The number of hydrogen-bond acceptors (Lipinski definition) is 4. The summed E-state index contributed by atoms with van der Waals surface area (Å²) in [4.78, 5) is 13.5.